The van der Waals surface area contributed by atoms with E-state index >= 15 is 0 Å². The molecule has 0 radical (unpaired) electrons. The number of carbonyl (C=O) groups excluding carboxylic acids is 1. The van der Waals surface area contributed by atoms with Gasteiger partial charge in [-0.05, 0) is 43.2 Å². The van der Waals surface area contributed by atoms with Crippen LogP contribution in [-0.4, -0.2) is 24.5 Å². The zero-order valence-corrected chi connectivity index (χ0v) is 15.8. The van der Waals surface area contributed by atoms with Crippen LogP contribution in [0.3, 0.4) is 0 Å². The van der Waals surface area contributed by atoms with Crippen molar-refractivity contribution in [1.29, 1.82) is 0 Å². The minimum Gasteiger partial charge on any atom is -0.322 e. The summed E-state index contributed by atoms with van der Waals surface area (Å²) in [5, 5.41) is 13.1. The molecule has 1 amide bonds. The first kappa shape index (κ1) is 19.3. The molecule has 3 rings (SSSR count). The van der Waals surface area contributed by atoms with Gasteiger partial charge in [0.05, 0.1) is 15.1 Å². The van der Waals surface area contributed by atoms with Crippen LogP contribution in [0.5, 0.6) is 0 Å². The summed E-state index contributed by atoms with van der Waals surface area (Å²) < 4.78 is 25.4. The number of nitro benzene ring substituents is 1. The van der Waals surface area contributed by atoms with Crippen molar-refractivity contribution in [2.75, 3.05) is 5.32 Å². The summed E-state index contributed by atoms with van der Waals surface area (Å²) in [5.74, 6) is -0.592. The third kappa shape index (κ3) is 4.12. The largest absolute Gasteiger partial charge is 0.322 e. The number of sulfone groups is 1. The zero-order valence-electron chi connectivity index (χ0n) is 14.2. The molecule has 27 heavy (non-hydrogen) atoms. The second kappa shape index (κ2) is 7.66. The highest BCUT2D eigenvalue weighted by Gasteiger charge is 2.30. The van der Waals surface area contributed by atoms with Crippen LogP contribution in [-0.2, 0) is 9.84 Å². The summed E-state index contributed by atoms with van der Waals surface area (Å²) in [5.41, 5.74) is -0.0197. The third-order valence-corrected chi connectivity index (χ3v) is 7.15. The lowest BCUT2D eigenvalue weighted by Crippen LogP contribution is -2.18. The average molecular weight is 409 g/mol. The summed E-state index contributed by atoms with van der Waals surface area (Å²) in [6.45, 7) is 0. The van der Waals surface area contributed by atoms with E-state index in [-0.39, 0.29) is 26.4 Å². The Hall–Kier alpha value is -2.45. The highest BCUT2D eigenvalue weighted by molar-refractivity contribution is 7.92. The Labute approximate surface area is 161 Å². The normalized spacial score (nSPS) is 14.9. The maximum atomic E-state index is 12.7. The highest BCUT2D eigenvalue weighted by atomic mass is 35.5. The minimum atomic E-state index is -3.44. The first-order valence-electron chi connectivity index (χ1n) is 8.38. The van der Waals surface area contributed by atoms with Gasteiger partial charge in [-0.1, -0.05) is 30.5 Å². The van der Waals surface area contributed by atoms with Crippen LogP contribution in [0.25, 0.3) is 0 Å². The second-order valence-corrected chi connectivity index (χ2v) is 8.99. The van der Waals surface area contributed by atoms with E-state index in [2.05, 4.69) is 5.32 Å². The Morgan fingerprint density at radius 1 is 1.15 bits per heavy atom. The molecule has 1 N–H and O–H groups in total. The fourth-order valence-corrected chi connectivity index (χ4v) is 5.22. The van der Waals surface area contributed by atoms with Crippen LogP contribution in [0.2, 0.25) is 5.02 Å². The number of nitrogens with zero attached hydrogens (tertiary/aromatic N) is 1. The van der Waals surface area contributed by atoms with Crippen molar-refractivity contribution in [1.82, 2.24) is 0 Å². The first-order valence-corrected chi connectivity index (χ1v) is 10.3. The van der Waals surface area contributed by atoms with Crippen molar-refractivity contribution in [3.8, 4) is 0 Å². The van der Waals surface area contributed by atoms with Gasteiger partial charge in [0.1, 0.15) is 5.02 Å². The standard InChI is InChI=1S/C18H17ClN2O5S/c19-16-9-8-12(10-17(16)21(23)24)18(22)20-13-4-3-7-15(11-13)27(25,26)14-5-1-2-6-14/h3-4,7-11,14H,1-2,5-6H2,(H,20,22). The van der Waals surface area contributed by atoms with Crippen LogP contribution in [0, 0.1) is 10.1 Å². The van der Waals surface area contributed by atoms with Gasteiger partial charge in [0.15, 0.2) is 9.84 Å². The van der Waals surface area contributed by atoms with Gasteiger partial charge >= 0.3 is 0 Å². The van der Waals surface area contributed by atoms with Gasteiger partial charge in [0.2, 0.25) is 0 Å². The molecule has 1 aliphatic carbocycles. The number of halogens is 1. The highest BCUT2D eigenvalue weighted by Crippen LogP contribution is 2.31. The van der Waals surface area contributed by atoms with Crippen molar-refractivity contribution in [2.45, 2.75) is 35.8 Å². The summed E-state index contributed by atoms with van der Waals surface area (Å²) in [4.78, 5) is 22.8. The van der Waals surface area contributed by atoms with E-state index in [1.165, 1.54) is 24.3 Å². The lowest BCUT2D eigenvalue weighted by molar-refractivity contribution is -0.384. The van der Waals surface area contributed by atoms with E-state index in [1.54, 1.807) is 12.1 Å². The number of amides is 1. The maximum Gasteiger partial charge on any atom is 0.288 e. The smallest absolute Gasteiger partial charge is 0.288 e. The molecule has 0 aromatic heterocycles. The van der Waals surface area contributed by atoms with E-state index in [1.807, 2.05) is 0 Å². The molecule has 0 aliphatic heterocycles. The van der Waals surface area contributed by atoms with Crippen LogP contribution in [0.1, 0.15) is 36.0 Å². The molecule has 0 bridgehead atoms. The van der Waals surface area contributed by atoms with Gasteiger partial charge in [-0.25, -0.2) is 8.42 Å². The van der Waals surface area contributed by atoms with Gasteiger partial charge in [-0.2, -0.15) is 0 Å². The number of rotatable bonds is 5. The molecule has 2 aromatic rings. The molecule has 9 heteroatoms. The predicted octanol–water partition coefficient (Wildman–Crippen LogP) is 4.22. The minimum absolute atomic E-state index is 0.0511. The average Bonchev–Trinajstić information content (AvgIpc) is 3.17. The van der Waals surface area contributed by atoms with Crippen LogP contribution >= 0.6 is 11.6 Å². The molecular weight excluding hydrogens is 392 g/mol. The number of anilines is 1. The summed E-state index contributed by atoms with van der Waals surface area (Å²) in [7, 11) is -3.44. The molecule has 0 heterocycles. The molecule has 0 spiro atoms. The number of carbonyl (C=O) groups is 1. The summed E-state index contributed by atoms with van der Waals surface area (Å²) >= 11 is 5.75. The Morgan fingerprint density at radius 2 is 1.85 bits per heavy atom. The van der Waals surface area contributed by atoms with Crippen molar-refractivity contribution in [3.05, 3.63) is 63.2 Å². The summed E-state index contributed by atoms with van der Waals surface area (Å²) in [6, 6.07) is 9.76. The van der Waals surface area contributed by atoms with E-state index < -0.39 is 20.7 Å². The van der Waals surface area contributed by atoms with Crippen molar-refractivity contribution < 1.29 is 18.1 Å². The lowest BCUT2D eigenvalue weighted by atomic mass is 10.2. The van der Waals surface area contributed by atoms with Crippen molar-refractivity contribution in [3.63, 3.8) is 0 Å². The van der Waals surface area contributed by atoms with E-state index in [9.17, 15) is 23.3 Å². The molecule has 2 aromatic carbocycles. The molecule has 1 saturated carbocycles. The monoisotopic (exact) mass is 408 g/mol. The predicted molar refractivity (Wildman–Crippen MR) is 102 cm³/mol. The van der Waals surface area contributed by atoms with Gasteiger partial charge in [0.25, 0.3) is 11.6 Å². The Bertz CT molecular complexity index is 1000. The second-order valence-electron chi connectivity index (χ2n) is 6.36. The topological polar surface area (TPSA) is 106 Å². The van der Waals surface area contributed by atoms with Crippen LogP contribution in [0.4, 0.5) is 11.4 Å². The molecule has 142 valence electrons. The SMILES string of the molecule is O=C(Nc1cccc(S(=O)(=O)C2CCCC2)c1)c1ccc(Cl)c([N+](=O)[O-])c1. The first-order chi connectivity index (χ1) is 12.8. The molecule has 1 aliphatic rings. The third-order valence-electron chi connectivity index (χ3n) is 4.57. The molecule has 1 fully saturated rings. The quantitative estimate of drug-likeness (QED) is 0.588. The van der Waals surface area contributed by atoms with Crippen LogP contribution in [0.15, 0.2) is 47.4 Å². The Balaban J connectivity index is 1.83. The molecule has 0 atom stereocenters. The lowest BCUT2D eigenvalue weighted by Gasteiger charge is -2.12. The fraction of sp³-hybridized carbons (Fsp3) is 0.278. The molecule has 0 unspecified atom stereocenters. The zero-order chi connectivity index (χ0) is 19.6. The van der Waals surface area contributed by atoms with E-state index in [0.29, 0.717) is 18.5 Å². The number of nitrogens with one attached hydrogen (secondary N) is 1. The van der Waals surface area contributed by atoms with Gasteiger partial charge in [-0.3, -0.25) is 14.9 Å². The fourth-order valence-electron chi connectivity index (χ4n) is 3.14. The van der Waals surface area contributed by atoms with Crippen molar-refractivity contribution >= 4 is 38.7 Å². The number of nitro groups is 1. The van der Waals surface area contributed by atoms with E-state index in [0.717, 1.165) is 18.9 Å². The summed E-state index contributed by atoms with van der Waals surface area (Å²) in [6.07, 6.45) is 3.09. The van der Waals surface area contributed by atoms with Crippen LogP contribution < -0.4 is 5.32 Å². The molecule has 7 nitrogen and oxygen atoms in total. The Kier molecular flexibility index (Phi) is 5.48. The Morgan fingerprint density at radius 3 is 2.52 bits per heavy atom. The number of benzene rings is 2. The van der Waals surface area contributed by atoms with E-state index in [4.69, 9.17) is 11.6 Å². The van der Waals surface area contributed by atoms with Gasteiger partial charge < -0.3 is 5.32 Å². The number of hydrogen-bond acceptors (Lipinski definition) is 5. The number of hydrogen-bond donors (Lipinski definition) is 1. The maximum absolute atomic E-state index is 12.7. The molecular formula is C18H17ClN2O5S. The van der Waals surface area contributed by atoms with Gasteiger partial charge in [-0.15, -0.1) is 0 Å². The van der Waals surface area contributed by atoms with Gasteiger partial charge in [0, 0.05) is 17.3 Å². The molecule has 0 saturated heterocycles. The van der Waals surface area contributed by atoms with Crippen molar-refractivity contribution in [2.24, 2.45) is 0 Å².